The van der Waals surface area contributed by atoms with Crippen LogP contribution in [0.25, 0.3) is 10.9 Å². The molecule has 1 aromatic heterocycles. The highest BCUT2D eigenvalue weighted by molar-refractivity contribution is 6.07. The first-order valence-corrected chi connectivity index (χ1v) is 10.9. The lowest BCUT2D eigenvalue weighted by atomic mass is 9.95. The van der Waals surface area contributed by atoms with Gasteiger partial charge >= 0.3 is 0 Å². The van der Waals surface area contributed by atoms with Gasteiger partial charge in [-0.1, -0.05) is 66.7 Å². The monoisotopic (exact) mass is 447 g/mol. The summed E-state index contributed by atoms with van der Waals surface area (Å²) in [6, 6.07) is 32.6. The van der Waals surface area contributed by atoms with Gasteiger partial charge in [-0.25, -0.2) is 0 Å². The molecule has 0 aliphatic heterocycles. The molecule has 0 saturated carbocycles. The second kappa shape index (κ2) is 9.03. The first kappa shape index (κ1) is 21.2. The molecular weight excluding hydrogens is 426 g/mol. The molecule has 166 valence electrons. The van der Waals surface area contributed by atoms with Crippen LogP contribution in [0.3, 0.4) is 0 Å². The molecular formula is C28H21N3O3. The fraction of sp³-hybridized carbons (Fsp3) is 0.0357. The van der Waals surface area contributed by atoms with Crippen LogP contribution in [0.5, 0.6) is 0 Å². The van der Waals surface area contributed by atoms with Gasteiger partial charge in [0.2, 0.25) is 0 Å². The van der Waals surface area contributed by atoms with Gasteiger partial charge in [0.15, 0.2) is 0 Å². The predicted molar refractivity (Wildman–Crippen MR) is 133 cm³/mol. The number of fused-ring (bicyclic) bond motifs is 1. The number of aromatic amines is 1. The molecule has 0 aliphatic carbocycles. The quantitative estimate of drug-likeness (QED) is 0.238. The molecule has 5 aromatic rings. The number of rotatable bonds is 6. The van der Waals surface area contributed by atoms with E-state index in [0.717, 1.165) is 27.7 Å². The van der Waals surface area contributed by atoms with E-state index < -0.39 is 11.0 Å². The van der Waals surface area contributed by atoms with Crippen molar-refractivity contribution in [2.45, 2.75) is 6.04 Å². The number of nitrogens with zero attached hydrogens (tertiary/aromatic N) is 2. The van der Waals surface area contributed by atoms with Crippen molar-refractivity contribution in [2.24, 2.45) is 0 Å². The van der Waals surface area contributed by atoms with Crippen molar-refractivity contribution in [3.8, 4) is 0 Å². The Hall–Kier alpha value is -4.71. The van der Waals surface area contributed by atoms with E-state index in [0.29, 0.717) is 5.56 Å². The number of carbonyl (C=O) groups is 1. The molecule has 0 spiro atoms. The number of nitro benzene ring substituents is 1. The number of non-ortho nitro benzene ring substituents is 1. The normalized spacial score (nSPS) is 11.8. The molecule has 4 aromatic carbocycles. The van der Waals surface area contributed by atoms with E-state index in [1.807, 2.05) is 91.1 Å². The second-order valence-electron chi connectivity index (χ2n) is 7.92. The molecule has 1 amide bonds. The second-order valence-corrected chi connectivity index (χ2v) is 7.92. The summed E-state index contributed by atoms with van der Waals surface area (Å²) in [4.78, 5) is 29.8. The van der Waals surface area contributed by atoms with Gasteiger partial charge < -0.3 is 4.98 Å². The van der Waals surface area contributed by atoms with E-state index in [1.165, 1.54) is 24.3 Å². The SMILES string of the molecule is O=C(c1ccc([N+](=O)[O-])cc1)N(c1ccccc1)C(c1ccccc1)c1c[nH]c2ccccc12. The molecule has 5 rings (SSSR count). The van der Waals surface area contributed by atoms with Gasteiger partial charge in [-0.05, 0) is 35.9 Å². The lowest BCUT2D eigenvalue weighted by Crippen LogP contribution is -2.35. The topological polar surface area (TPSA) is 79.2 Å². The summed E-state index contributed by atoms with van der Waals surface area (Å²) in [5.41, 5.74) is 3.93. The third-order valence-electron chi connectivity index (χ3n) is 5.87. The van der Waals surface area contributed by atoms with Crippen LogP contribution in [-0.4, -0.2) is 15.8 Å². The molecule has 1 unspecified atom stereocenters. The fourth-order valence-corrected chi connectivity index (χ4v) is 4.26. The Bertz CT molecular complexity index is 1450. The summed E-state index contributed by atoms with van der Waals surface area (Å²) >= 11 is 0. The van der Waals surface area contributed by atoms with E-state index >= 15 is 0 Å². The van der Waals surface area contributed by atoms with Crippen LogP contribution in [0.1, 0.15) is 27.5 Å². The van der Waals surface area contributed by atoms with Gasteiger partial charge in [0.25, 0.3) is 11.6 Å². The number of amides is 1. The summed E-state index contributed by atoms with van der Waals surface area (Å²) in [6.45, 7) is 0. The van der Waals surface area contributed by atoms with Gasteiger partial charge in [0.1, 0.15) is 0 Å². The van der Waals surface area contributed by atoms with E-state index in [-0.39, 0.29) is 11.6 Å². The number of H-pyrrole nitrogens is 1. The Labute approximate surface area is 196 Å². The number of hydrogen-bond acceptors (Lipinski definition) is 3. The van der Waals surface area contributed by atoms with Crippen LogP contribution in [-0.2, 0) is 0 Å². The van der Waals surface area contributed by atoms with Crippen molar-refractivity contribution in [1.29, 1.82) is 0 Å². The summed E-state index contributed by atoms with van der Waals surface area (Å²) < 4.78 is 0. The van der Waals surface area contributed by atoms with Crippen LogP contribution >= 0.6 is 0 Å². The maximum absolute atomic E-state index is 14.0. The average Bonchev–Trinajstić information content (AvgIpc) is 3.31. The Morgan fingerprint density at radius 2 is 1.41 bits per heavy atom. The molecule has 1 atom stereocenters. The summed E-state index contributed by atoms with van der Waals surface area (Å²) in [6.07, 6.45) is 1.95. The zero-order valence-electron chi connectivity index (χ0n) is 18.2. The molecule has 0 aliphatic rings. The van der Waals surface area contributed by atoms with Gasteiger partial charge in [0, 0.05) is 46.0 Å². The van der Waals surface area contributed by atoms with E-state index in [4.69, 9.17) is 0 Å². The van der Waals surface area contributed by atoms with E-state index in [2.05, 4.69) is 4.98 Å². The van der Waals surface area contributed by atoms with Crippen molar-refractivity contribution in [3.05, 3.63) is 142 Å². The van der Waals surface area contributed by atoms with Crippen molar-refractivity contribution in [3.63, 3.8) is 0 Å². The summed E-state index contributed by atoms with van der Waals surface area (Å²) in [5.74, 6) is -0.250. The molecule has 0 fully saturated rings. The number of carbonyl (C=O) groups excluding carboxylic acids is 1. The number of hydrogen-bond donors (Lipinski definition) is 1. The lowest BCUT2D eigenvalue weighted by Gasteiger charge is -2.32. The van der Waals surface area contributed by atoms with Crippen LogP contribution in [0, 0.1) is 10.1 Å². The van der Waals surface area contributed by atoms with Crippen molar-refractivity contribution in [1.82, 2.24) is 4.98 Å². The van der Waals surface area contributed by atoms with E-state index in [1.54, 1.807) is 4.90 Å². The molecule has 0 radical (unpaired) electrons. The molecule has 6 nitrogen and oxygen atoms in total. The first-order valence-electron chi connectivity index (χ1n) is 10.9. The van der Waals surface area contributed by atoms with Crippen LogP contribution in [0.4, 0.5) is 11.4 Å². The third kappa shape index (κ3) is 3.93. The molecule has 34 heavy (non-hydrogen) atoms. The first-order chi connectivity index (χ1) is 16.6. The minimum Gasteiger partial charge on any atom is -0.361 e. The van der Waals surface area contributed by atoms with Crippen LogP contribution in [0.2, 0.25) is 0 Å². The largest absolute Gasteiger partial charge is 0.361 e. The Morgan fingerprint density at radius 1 is 0.794 bits per heavy atom. The maximum atomic E-state index is 14.0. The zero-order chi connectivity index (χ0) is 23.5. The highest BCUT2D eigenvalue weighted by atomic mass is 16.6. The molecule has 1 heterocycles. The summed E-state index contributed by atoms with van der Waals surface area (Å²) in [7, 11) is 0. The number of benzene rings is 4. The Balaban J connectivity index is 1.71. The van der Waals surface area contributed by atoms with Gasteiger partial charge in [0.05, 0.1) is 11.0 Å². The van der Waals surface area contributed by atoms with Crippen molar-refractivity contribution >= 4 is 28.2 Å². The highest BCUT2D eigenvalue weighted by Gasteiger charge is 2.31. The Morgan fingerprint density at radius 3 is 2.09 bits per heavy atom. The molecule has 0 saturated heterocycles. The van der Waals surface area contributed by atoms with Crippen LogP contribution < -0.4 is 4.90 Å². The smallest absolute Gasteiger partial charge is 0.269 e. The predicted octanol–water partition coefficient (Wildman–Crippen LogP) is 6.51. The molecule has 1 N–H and O–H groups in total. The van der Waals surface area contributed by atoms with Gasteiger partial charge in [-0.15, -0.1) is 0 Å². The minimum atomic E-state index is -0.470. The fourth-order valence-electron chi connectivity index (χ4n) is 4.26. The lowest BCUT2D eigenvalue weighted by molar-refractivity contribution is -0.384. The maximum Gasteiger partial charge on any atom is 0.269 e. The molecule has 0 bridgehead atoms. The van der Waals surface area contributed by atoms with Gasteiger partial charge in [-0.2, -0.15) is 0 Å². The number of anilines is 1. The highest BCUT2D eigenvalue weighted by Crippen LogP contribution is 2.37. The number of nitro groups is 1. The average molecular weight is 447 g/mol. The third-order valence-corrected chi connectivity index (χ3v) is 5.87. The van der Waals surface area contributed by atoms with Crippen molar-refractivity contribution in [2.75, 3.05) is 4.90 Å². The Kier molecular flexibility index (Phi) is 5.62. The minimum absolute atomic E-state index is 0.0564. The van der Waals surface area contributed by atoms with Crippen LogP contribution in [0.15, 0.2) is 115 Å². The zero-order valence-corrected chi connectivity index (χ0v) is 18.2. The number of nitrogens with one attached hydrogen (secondary N) is 1. The van der Waals surface area contributed by atoms with Gasteiger partial charge in [-0.3, -0.25) is 19.8 Å². The number of para-hydroxylation sites is 2. The summed E-state index contributed by atoms with van der Waals surface area (Å²) in [5, 5.41) is 12.1. The van der Waals surface area contributed by atoms with E-state index in [9.17, 15) is 14.9 Å². The molecule has 6 heteroatoms. The number of aromatic nitrogens is 1. The van der Waals surface area contributed by atoms with Crippen molar-refractivity contribution < 1.29 is 9.72 Å². The standard InChI is InChI=1S/C28H21N3O3/c32-28(21-15-17-23(18-16-21)31(33)34)30(22-11-5-2-6-12-22)27(20-9-3-1-4-10-20)25-19-29-26-14-8-7-13-24(25)26/h1-19,27,29H.